The van der Waals surface area contributed by atoms with Gasteiger partial charge in [-0.05, 0) is 27.1 Å². The lowest BCUT2D eigenvalue weighted by atomic mass is 10.3. The van der Waals surface area contributed by atoms with Gasteiger partial charge in [0.1, 0.15) is 0 Å². The van der Waals surface area contributed by atoms with Crippen molar-refractivity contribution in [3.8, 4) is 0 Å². The van der Waals surface area contributed by atoms with E-state index in [1.54, 1.807) is 9.80 Å². The van der Waals surface area contributed by atoms with Crippen LogP contribution in [-0.2, 0) is 4.79 Å². The Bertz CT molecular complexity index is 250. The minimum absolute atomic E-state index is 0.0192. The van der Waals surface area contributed by atoms with Crippen LogP contribution in [-0.4, -0.2) is 80.5 Å². The van der Waals surface area contributed by atoms with Crippen LogP contribution in [0, 0.1) is 0 Å². The molecule has 0 atom stereocenters. The third kappa shape index (κ3) is 5.04. The number of urea groups is 1. The molecule has 17 heavy (non-hydrogen) atoms. The molecule has 0 aromatic carbocycles. The van der Waals surface area contributed by atoms with Crippen LogP contribution in [0.1, 0.15) is 6.42 Å². The van der Waals surface area contributed by atoms with Crippen LogP contribution < -0.4 is 5.32 Å². The first-order valence-electron chi connectivity index (χ1n) is 6.00. The van der Waals surface area contributed by atoms with Crippen LogP contribution in [0.4, 0.5) is 4.79 Å². The average Bonchev–Trinajstić information content (AvgIpc) is 2.34. The van der Waals surface area contributed by atoms with Crippen molar-refractivity contribution in [3.05, 3.63) is 0 Å². The van der Waals surface area contributed by atoms with E-state index in [0.717, 1.165) is 19.4 Å². The molecule has 6 nitrogen and oxygen atoms in total. The molecule has 0 spiro atoms. The van der Waals surface area contributed by atoms with Gasteiger partial charge < -0.3 is 20.0 Å². The second kappa shape index (κ2) is 7.11. The Balaban J connectivity index is 2.14. The van der Waals surface area contributed by atoms with Crippen molar-refractivity contribution in [3.63, 3.8) is 0 Å². The zero-order chi connectivity index (χ0) is 12.7. The summed E-state index contributed by atoms with van der Waals surface area (Å²) in [4.78, 5) is 27.8. The molecular formula is C11H22N4O2. The molecule has 1 N–H and O–H groups in total. The normalized spacial score (nSPS) is 16.2. The molecule has 1 fully saturated rings. The predicted octanol–water partition coefficient (Wildman–Crippen LogP) is -0.578. The summed E-state index contributed by atoms with van der Waals surface area (Å²) in [6, 6.07) is -0.0192. The Morgan fingerprint density at radius 1 is 1.29 bits per heavy atom. The fourth-order valence-corrected chi connectivity index (χ4v) is 1.73. The molecule has 1 rings (SSSR count). The Morgan fingerprint density at radius 2 is 1.94 bits per heavy atom. The molecule has 3 amide bonds. The molecule has 0 saturated carbocycles. The van der Waals surface area contributed by atoms with Crippen LogP contribution in [0.2, 0.25) is 0 Å². The van der Waals surface area contributed by atoms with Crippen molar-refractivity contribution in [2.75, 3.05) is 53.4 Å². The zero-order valence-electron chi connectivity index (χ0n) is 10.7. The highest BCUT2D eigenvalue weighted by molar-refractivity contribution is 5.74. The Kier molecular flexibility index (Phi) is 5.76. The van der Waals surface area contributed by atoms with E-state index in [2.05, 4.69) is 10.2 Å². The van der Waals surface area contributed by atoms with E-state index in [1.807, 2.05) is 14.1 Å². The maximum Gasteiger partial charge on any atom is 0.317 e. The number of nitrogens with zero attached hydrogens (tertiary/aromatic N) is 3. The third-order valence-corrected chi connectivity index (χ3v) is 2.81. The molecule has 0 aromatic heterocycles. The van der Waals surface area contributed by atoms with Crippen LogP contribution in [0.15, 0.2) is 0 Å². The Labute approximate surface area is 103 Å². The van der Waals surface area contributed by atoms with Crippen molar-refractivity contribution in [2.45, 2.75) is 6.42 Å². The lowest BCUT2D eigenvalue weighted by Gasteiger charge is -2.32. The summed E-state index contributed by atoms with van der Waals surface area (Å²) in [5.41, 5.74) is 0. The van der Waals surface area contributed by atoms with Crippen LogP contribution in [0.25, 0.3) is 0 Å². The minimum Gasteiger partial charge on any atom is -0.342 e. The fraction of sp³-hybridized carbons (Fsp3) is 0.818. The minimum atomic E-state index is -0.0192. The Hall–Kier alpha value is -1.30. The molecule has 1 aliphatic rings. The van der Waals surface area contributed by atoms with E-state index in [0.29, 0.717) is 32.7 Å². The van der Waals surface area contributed by atoms with E-state index < -0.39 is 0 Å². The van der Waals surface area contributed by atoms with Crippen molar-refractivity contribution >= 4 is 12.4 Å². The summed E-state index contributed by atoms with van der Waals surface area (Å²) in [5.74, 6) is 0. The molecule has 0 aromatic rings. The average molecular weight is 242 g/mol. The van der Waals surface area contributed by atoms with Crippen LogP contribution in [0.5, 0.6) is 0 Å². The third-order valence-electron chi connectivity index (χ3n) is 2.81. The zero-order valence-corrected chi connectivity index (χ0v) is 10.7. The number of rotatable bonds is 5. The lowest BCUT2D eigenvalue weighted by molar-refractivity contribution is -0.119. The second-order valence-corrected chi connectivity index (χ2v) is 4.52. The molecule has 6 heteroatoms. The first kappa shape index (κ1) is 13.8. The molecule has 1 saturated heterocycles. The van der Waals surface area contributed by atoms with Crippen molar-refractivity contribution in [2.24, 2.45) is 0 Å². The van der Waals surface area contributed by atoms with Crippen LogP contribution in [0.3, 0.4) is 0 Å². The van der Waals surface area contributed by atoms with Gasteiger partial charge in [-0.3, -0.25) is 4.79 Å². The number of amides is 3. The van der Waals surface area contributed by atoms with E-state index >= 15 is 0 Å². The van der Waals surface area contributed by atoms with Gasteiger partial charge in [-0.2, -0.15) is 0 Å². The standard InChI is InChI=1S/C11H22N4O2/c1-13(2)5-3-4-12-11(17)15-8-6-14(10-16)7-9-15/h10H,3-9H2,1-2H3,(H,12,17). The lowest BCUT2D eigenvalue weighted by Crippen LogP contribution is -2.51. The van der Waals surface area contributed by atoms with Gasteiger partial charge in [0, 0.05) is 32.7 Å². The fourth-order valence-electron chi connectivity index (χ4n) is 1.73. The molecule has 0 unspecified atom stereocenters. The van der Waals surface area contributed by atoms with Crippen molar-refractivity contribution in [1.82, 2.24) is 20.0 Å². The number of nitrogens with one attached hydrogen (secondary N) is 1. The molecular weight excluding hydrogens is 220 g/mol. The predicted molar refractivity (Wildman–Crippen MR) is 65.8 cm³/mol. The molecule has 0 aliphatic carbocycles. The van der Waals surface area contributed by atoms with Gasteiger partial charge in [0.25, 0.3) is 0 Å². The smallest absolute Gasteiger partial charge is 0.317 e. The second-order valence-electron chi connectivity index (χ2n) is 4.52. The largest absolute Gasteiger partial charge is 0.342 e. The summed E-state index contributed by atoms with van der Waals surface area (Å²) in [5, 5.41) is 2.89. The summed E-state index contributed by atoms with van der Waals surface area (Å²) in [6.45, 7) is 4.18. The SMILES string of the molecule is CN(C)CCCNC(=O)N1CCN(C=O)CC1. The van der Waals surface area contributed by atoms with Gasteiger partial charge in [0.2, 0.25) is 6.41 Å². The highest BCUT2D eigenvalue weighted by Crippen LogP contribution is 1.99. The number of hydrogen-bond acceptors (Lipinski definition) is 3. The van der Waals surface area contributed by atoms with E-state index in [9.17, 15) is 9.59 Å². The summed E-state index contributed by atoms with van der Waals surface area (Å²) in [6.07, 6.45) is 1.79. The maximum atomic E-state index is 11.7. The Morgan fingerprint density at radius 3 is 2.47 bits per heavy atom. The maximum absolute atomic E-state index is 11.7. The van der Waals surface area contributed by atoms with Gasteiger partial charge in [0.05, 0.1) is 0 Å². The van der Waals surface area contributed by atoms with Gasteiger partial charge in [-0.25, -0.2) is 4.79 Å². The molecule has 98 valence electrons. The number of carbonyl (C=O) groups is 2. The summed E-state index contributed by atoms with van der Waals surface area (Å²) in [7, 11) is 4.03. The van der Waals surface area contributed by atoms with Gasteiger partial charge in [0.15, 0.2) is 0 Å². The monoisotopic (exact) mass is 242 g/mol. The van der Waals surface area contributed by atoms with E-state index in [1.165, 1.54) is 0 Å². The van der Waals surface area contributed by atoms with Gasteiger partial charge >= 0.3 is 6.03 Å². The molecule has 1 heterocycles. The highest BCUT2D eigenvalue weighted by Gasteiger charge is 2.19. The number of hydrogen-bond donors (Lipinski definition) is 1. The quantitative estimate of drug-likeness (QED) is 0.518. The molecule has 0 radical (unpaired) electrons. The number of carbonyl (C=O) groups excluding carboxylic acids is 2. The number of piperazine rings is 1. The first-order chi connectivity index (χ1) is 8.13. The van der Waals surface area contributed by atoms with E-state index in [4.69, 9.17) is 0 Å². The van der Waals surface area contributed by atoms with Crippen molar-refractivity contribution in [1.29, 1.82) is 0 Å². The molecule has 0 bridgehead atoms. The summed E-state index contributed by atoms with van der Waals surface area (Å²) < 4.78 is 0. The highest BCUT2D eigenvalue weighted by atomic mass is 16.2. The topological polar surface area (TPSA) is 55.9 Å². The van der Waals surface area contributed by atoms with Gasteiger partial charge in [-0.1, -0.05) is 0 Å². The summed E-state index contributed by atoms with van der Waals surface area (Å²) >= 11 is 0. The first-order valence-corrected chi connectivity index (χ1v) is 6.00. The van der Waals surface area contributed by atoms with Gasteiger partial charge in [-0.15, -0.1) is 0 Å². The van der Waals surface area contributed by atoms with Crippen LogP contribution >= 0.6 is 0 Å². The molecule has 1 aliphatic heterocycles. The van der Waals surface area contributed by atoms with Crippen molar-refractivity contribution < 1.29 is 9.59 Å². The van der Waals surface area contributed by atoms with E-state index in [-0.39, 0.29) is 6.03 Å².